The van der Waals surface area contributed by atoms with Gasteiger partial charge in [-0.2, -0.15) is 5.10 Å². The molecule has 1 heterocycles. The molecule has 1 aromatic carbocycles. The van der Waals surface area contributed by atoms with Crippen LogP contribution in [0.1, 0.15) is 21.9 Å². The molecule has 2 rings (SSSR count). The van der Waals surface area contributed by atoms with Crippen molar-refractivity contribution in [3.63, 3.8) is 0 Å². The van der Waals surface area contributed by atoms with E-state index in [0.717, 1.165) is 5.76 Å². The van der Waals surface area contributed by atoms with Crippen molar-refractivity contribution in [3.05, 3.63) is 41.3 Å². The zero-order chi connectivity index (χ0) is 19.8. The Kier molecular flexibility index (Phi) is 6.81. The Balaban J connectivity index is 1.94. The molecule has 0 bridgehead atoms. The molecular formula is C18H21N3O6. The standard InChI is InChI=1S/C18H21N3O6/c1-11-5-6-13(27-11)9-20-21-16(22)10-19-18(23)12-7-14(24-2)17(26-4)15(8-12)25-3/h5-9H,10H2,1-4H3,(H,19,23)(H,21,22). The van der Waals surface area contributed by atoms with Gasteiger partial charge in [0.1, 0.15) is 11.5 Å². The molecule has 0 aliphatic rings. The lowest BCUT2D eigenvalue weighted by Crippen LogP contribution is -2.34. The van der Waals surface area contributed by atoms with Crippen LogP contribution in [0.15, 0.2) is 33.8 Å². The fourth-order valence-corrected chi connectivity index (χ4v) is 2.21. The predicted octanol–water partition coefficient (Wildman–Crippen LogP) is 1.49. The highest BCUT2D eigenvalue weighted by molar-refractivity contribution is 5.97. The average Bonchev–Trinajstić information content (AvgIpc) is 3.09. The zero-order valence-corrected chi connectivity index (χ0v) is 15.5. The number of ether oxygens (including phenoxy) is 3. The van der Waals surface area contributed by atoms with Gasteiger partial charge in [0.15, 0.2) is 11.5 Å². The molecule has 0 fully saturated rings. The summed E-state index contributed by atoms with van der Waals surface area (Å²) in [6.45, 7) is 1.54. The van der Waals surface area contributed by atoms with Gasteiger partial charge in [-0.25, -0.2) is 5.43 Å². The van der Waals surface area contributed by atoms with Crippen LogP contribution in [0.25, 0.3) is 0 Å². The molecule has 0 saturated carbocycles. The van der Waals surface area contributed by atoms with Crippen molar-refractivity contribution < 1.29 is 28.2 Å². The molecule has 144 valence electrons. The summed E-state index contributed by atoms with van der Waals surface area (Å²) < 4.78 is 20.9. The maximum absolute atomic E-state index is 12.3. The number of aryl methyl sites for hydroxylation is 1. The highest BCUT2D eigenvalue weighted by Crippen LogP contribution is 2.38. The molecule has 9 nitrogen and oxygen atoms in total. The molecule has 27 heavy (non-hydrogen) atoms. The van der Waals surface area contributed by atoms with E-state index in [1.165, 1.54) is 39.7 Å². The van der Waals surface area contributed by atoms with E-state index < -0.39 is 11.8 Å². The SMILES string of the molecule is COc1cc(C(=O)NCC(=O)NN=Cc2ccc(C)o2)cc(OC)c1OC. The Bertz CT molecular complexity index is 818. The minimum atomic E-state index is -0.490. The van der Waals surface area contributed by atoms with E-state index in [4.69, 9.17) is 18.6 Å². The lowest BCUT2D eigenvalue weighted by molar-refractivity contribution is -0.120. The summed E-state index contributed by atoms with van der Waals surface area (Å²) in [5.41, 5.74) is 2.55. The topological polar surface area (TPSA) is 111 Å². The number of furan rings is 1. The molecule has 9 heteroatoms. The lowest BCUT2D eigenvalue weighted by Gasteiger charge is -2.13. The Morgan fingerprint density at radius 3 is 2.30 bits per heavy atom. The first-order valence-electron chi connectivity index (χ1n) is 7.95. The van der Waals surface area contributed by atoms with Crippen LogP contribution < -0.4 is 25.0 Å². The monoisotopic (exact) mass is 375 g/mol. The second kappa shape index (κ2) is 9.27. The fraction of sp³-hybridized carbons (Fsp3) is 0.278. The second-order valence-corrected chi connectivity index (χ2v) is 5.34. The number of rotatable bonds is 8. The Morgan fingerprint density at radius 1 is 1.11 bits per heavy atom. The van der Waals surface area contributed by atoms with Crippen molar-refractivity contribution >= 4 is 18.0 Å². The number of benzene rings is 1. The first kappa shape index (κ1) is 19.8. The van der Waals surface area contributed by atoms with Gasteiger partial charge in [0.2, 0.25) is 5.75 Å². The molecule has 2 aromatic rings. The van der Waals surface area contributed by atoms with Gasteiger partial charge in [-0.3, -0.25) is 9.59 Å². The van der Waals surface area contributed by atoms with E-state index in [2.05, 4.69) is 15.8 Å². The van der Waals surface area contributed by atoms with Gasteiger partial charge < -0.3 is 23.9 Å². The van der Waals surface area contributed by atoms with Crippen LogP contribution in [0.5, 0.6) is 17.2 Å². The van der Waals surface area contributed by atoms with Gasteiger partial charge in [0, 0.05) is 5.56 Å². The van der Waals surface area contributed by atoms with Crippen molar-refractivity contribution in [2.45, 2.75) is 6.92 Å². The summed E-state index contributed by atoms with van der Waals surface area (Å²) in [6.07, 6.45) is 1.37. The second-order valence-electron chi connectivity index (χ2n) is 5.34. The number of hydrogen-bond acceptors (Lipinski definition) is 7. The van der Waals surface area contributed by atoms with Gasteiger partial charge in [-0.1, -0.05) is 0 Å². The normalized spacial score (nSPS) is 10.5. The van der Waals surface area contributed by atoms with E-state index in [0.29, 0.717) is 23.0 Å². The van der Waals surface area contributed by atoms with Gasteiger partial charge in [0.25, 0.3) is 11.8 Å². The van der Waals surface area contributed by atoms with Gasteiger partial charge >= 0.3 is 0 Å². The zero-order valence-electron chi connectivity index (χ0n) is 15.5. The van der Waals surface area contributed by atoms with E-state index in [-0.39, 0.29) is 12.1 Å². The summed E-state index contributed by atoms with van der Waals surface area (Å²) >= 11 is 0. The van der Waals surface area contributed by atoms with Gasteiger partial charge in [-0.05, 0) is 31.2 Å². The molecule has 0 spiro atoms. The summed E-state index contributed by atoms with van der Waals surface area (Å²) in [5.74, 6) is 1.33. The summed E-state index contributed by atoms with van der Waals surface area (Å²) in [7, 11) is 4.37. The molecule has 0 saturated heterocycles. The third-order valence-electron chi connectivity index (χ3n) is 3.48. The Hall–Kier alpha value is -3.49. The summed E-state index contributed by atoms with van der Waals surface area (Å²) in [4.78, 5) is 24.1. The molecule has 0 aliphatic carbocycles. The minimum Gasteiger partial charge on any atom is -0.493 e. The van der Waals surface area contributed by atoms with E-state index in [1.807, 2.05) is 0 Å². The highest BCUT2D eigenvalue weighted by atomic mass is 16.5. The number of amides is 2. The molecule has 2 amide bonds. The van der Waals surface area contributed by atoms with Crippen molar-refractivity contribution in [1.29, 1.82) is 0 Å². The Morgan fingerprint density at radius 2 is 1.78 bits per heavy atom. The third-order valence-corrected chi connectivity index (χ3v) is 3.48. The number of methoxy groups -OCH3 is 3. The summed E-state index contributed by atoms with van der Waals surface area (Å²) in [6, 6.07) is 6.48. The third kappa shape index (κ3) is 5.24. The van der Waals surface area contributed by atoms with Gasteiger partial charge in [-0.15, -0.1) is 0 Å². The maximum atomic E-state index is 12.3. The number of hydrazone groups is 1. The highest BCUT2D eigenvalue weighted by Gasteiger charge is 2.17. The van der Waals surface area contributed by atoms with Crippen LogP contribution >= 0.6 is 0 Å². The van der Waals surface area contributed by atoms with Crippen LogP contribution in [-0.4, -0.2) is 45.9 Å². The number of carbonyl (C=O) groups excluding carboxylic acids is 2. The fourth-order valence-electron chi connectivity index (χ4n) is 2.21. The summed E-state index contributed by atoms with van der Waals surface area (Å²) in [5, 5.41) is 6.25. The molecule has 0 unspecified atom stereocenters. The van der Waals surface area contributed by atoms with E-state index in [9.17, 15) is 9.59 Å². The van der Waals surface area contributed by atoms with Crippen molar-refractivity contribution in [2.24, 2.45) is 5.10 Å². The first-order chi connectivity index (χ1) is 13.0. The van der Waals surface area contributed by atoms with E-state index >= 15 is 0 Å². The van der Waals surface area contributed by atoms with Crippen molar-refractivity contribution in [3.8, 4) is 17.2 Å². The minimum absolute atomic E-state index is 0.256. The van der Waals surface area contributed by atoms with Crippen molar-refractivity contribution in [2.75, 3.05) is 27.9 Å². The predicted molar refractivity (Wildman–Crippen MR) is 97.6 cm³/mol. The van der Waals surface area contributed by atoms with E-state index in [1.54, 1.807) is 19.1 Å². The molecule has 0 atom stereocenters. The molecule has 1 aromatic heterocycles. The number of carbonyl (C=O) groups is 2. The smallest absolute Gasteiger partial charge is 0.259 e. The average molecular weight is 375 g/mol. The number of hydrogen-bond donors (Lipinski definition) is 2. The Labute approximate surface area is 156 Å². The number of nitrogens with zero attached hydrogens (tertiary/aromatic N) is 1. The van der Waals surface area contributed by atoms with Crippen LogP contribution in [0.2, 0.25) is 0 Å². The molecular weight excluding hydrogens is 354 g/mol. The lowest BCUT2D eigenvalue weighted by atomic mass is 10.1. The van der Waals surface area contributed by atoms with Crippen molar-refractivity contribution in [1.82, 2.24) is 10.7 Å². The van der Waals surface area contributed by atoms with Crippen LogP contribution in [-0.2, 0) is 4.79 Å². The molecule has 0 aliphatic heterocycles. The van der Waals surface area contributed by atoms with Crippen LogP contribution in [0, 0.1) is 6.92 Å². The largest absolute Gasteiger partial charge is 0.493 e. The number of nitrogens with one attached hydrogen (secondary N) is 2. The van der Waals surface area contributed by atoms with Gasteiger partial charge in [0.05, 0.1) is 34.1 Å². The maximum Gasteiger partial charge on any atom is 0.259 e. The molecule has 2 N–H and O–H groups in total. The first-order valence-corrected chi connectivity index (χ1v) is 7.95. The quantitative estimate of drug-likeness (QED) is 0.534. The molecule has 0 radical (unpaired) electrons. The van der Waals surface area contributed by atoms with Crippen LogP contribution in [0.4, 0.5) is 0 Å². The van der Waals surface area contributed by atoms with Crippen LogP contribution in [0.3, 0.4) is 0 Å².